The van der Waals surface area contributed by atoms with Gasteiger partial charge in [-0.15, -0.1) is 0 Å². The summed E-state index contributed by atoms with van der Waals surface area (Å²) in [7, 11) is 0. The first-order valence-electron chi connectivity index (χ1n) is 9.92. The Morgan fingerprint density at radius 1 is 0.245 bits per heavy atom. The molecule has 53 heavy (non-hydrogen) atoms. The standard InChI is InChI=1S/4C4HF7O2.Rh/c4*5-2(6,1(12)13)3(7,8)4(9,10)11;/h4*(H,12,13);/q;;;;+4/p-4. The van der Waals surface area contributed by atoms with Gasteiger partial charge in [0.1, 0.15) is 23.9 Å². The zero-order valence-electron chi connectivity index (χ0n) is 22.2. The van der Waals surface area contributed by atoms with Gasteiger partial charge in [-0.05, 0) is 0 Å². The summed E-state index contributed by atoms with van der Waals surface area (Å²) in [6.07, 6.45) is -26.6. The Bertz CT molecular complexity index is 1070. The Balaban J connectivity index is -0.000000192. The Morgan fingerprint density at radius 2 is 0.321 bits per heavy atom. The van der Waals surface area contributed by atoms with E-state index in [0.29, 0.717) is 0 Å². The van der Waals surface area contributed by atoms with Crippen LogP contribution < -0.4 is 20.4 Å². The van der Waals surface area contributed by atoms with Crippen molar-refractivity contribution in [2.24, 2.45) is 0 Å². The summed E-state index contributed by atoms with van der Waals surface area (Å²) < 4.78 is 321. The van der Waals surface area contributed by atoms with Crippen molar-refractivity contribution < 1.29 is 182 Å². The minimum atomic E-state index is -6.64. The molecule has 0 rings (SSSR count). The van der Waals surface area contributed by atoms with E-state index in [-0.39, 0.29) is 19.5 Å². The van der Waals surface area contributed by atoms with Crippen LogP contribution in [0.25, 0.3) is 0 Å². The van der Waals surface area contributed by atoms with Gasteiger partial charge in [-0.2, -0.15) is 123 Å². The molecule has 1 radical (unpaired) electrons. The van der Waals surface area contributed by atoms with Gasteiger partial charge in [0.25, 0.3) is 0 Å². The molecule has 0 amide bonds. The Hall–Kier alpha value is -3.46. The Labute approximate surface area is 279 Å². The van der Waals surface area contributed by atoms with Gasteiger partial charge >= 0.3 is 91.6 Å². The molecule has 0 fully saturated rings. The maximum absolute atomic E-state index is 11.7. The predicted molar refractivity (Wildman–Crippen MR) is 83.8 cm³/mol. The van der Waals surface area contributed by atoms with Crippen LogP contribution in [0.15, 0.2) is 0 Å². The van der Waals surface area contributed by atoms with Crippen molar-refractivity contribution in [2.75, 3.05) is 0 Å². The molecule has 0 aliphatic carbocycles. The summed E-state index contributed by atoms with van der Waals surface area (Å²) in [5.41, 5.74) is 0. The maximum Gasteiger partial charge on any atom is 4.00 e. The molecule has 8 nitrogen and oxygen atoms in total. The maximum atomic E-state index is 11.7. The topological polar surface area (TPSA) is 161 Å². The van der Waals surface area contributed by atoms with Crippen molar-refractivity contribution in [3.05, 3.63) is 0 Å². The quantitative estimate of drug-likeness (QED) is 0.265. The molecule has 0 heterocycles. The molecule has 0 aromatic carbocycles. The van der Waals surface area contributed by atoms with E-state index in [1.807, 2.05) is 0 Å². The van der Waals surface area contributed by atoms with Crippen LogP contribution in [0.1, 0.15) is 0 Å². The predicted octanol–water partition coefficient (Wildman–Crippen LogP) is 2.27. The van der Waals surface area contributed by atoms with Crippen LogP contribution in [0.5, 0.6) is 0 Å². The van der Waals surface area contributed by atoms with Gasteiger partial charge in [-0.3, -0.25) is 0 Å². The van der Waals surface area contributed by atoms with Crippen LogP contribution in [0.3, 0.4) is 0 Å². The van der Waals surface area contributed by atoms with Gasteiger partial charge in [0.2, 0.25) is 0 Å². The van der Waals surface area contributed by atoms with E-state index < -0.39 is 96.0 Å². The number of carbonyl (C=O) groups is 4. The third kappa shape index (κ3) is 12.3. The average molecular weight is 955 g/mol. The second kappa shape index (κ2) is 16.9. The van der Waals surface area contributed by atoms with Crippen LogP contribution in [-0.2, 0) is 38.7 Å². The van der Waals surface area contributed by atoms with E-state index in [2.05, 4.69) is 0 Å². The summed E-state index contributed by atoms with van der Waals surface area (Å²) in [5.74, 6) is -66.8. The number of aliphatic carboxylic acids is 4. The molecule has 0 bridgehead atoms. The number of hydrogen-bond acceptors (Lipinski definition) is 8. The third-order valence-corrected chi connectivity index (χ3v) is 4.03. The van der Waals surface area contributed by atoms with Crippen LogP contribution >= 0.6 is 0 Å². The van der Waals surface area contributed by atoms with Gasteiger partial charge in [-0.1, -0.05) is 0 Å². The number of carboxylic acids is 4. The molecule has 0 N–H and O–H groups in total. The van der Waals surface area contributed by atoms with Gasteiger partial charge in [0.15, 0.2) is 0 Å². The van der Waals surface area contributed by atoms with E-state index in [0.717, 1.165) is 0 Å². The number of hydrogen-bond donors (Lipinski definition) is 0. The molecule has 0 atom stereocenters. The Morgan fingerprint density at radius 3 is 0.340 bits per heavy atom. The van der Waals surface area contributed by atoms with E-state index in [9.17, 15) is 163 Å². The minimum Gasteiger partial charge on any atom is -0.544 e. The molecule has 0 aliphatic heterocycles. The molecule has 37 heteroatoms. The van der Waals surface area contributed by atoms with Crippen LogP contribution in [-0.4, -0.2) is 96.0 Å². The molecular weight excluding hydrogens is 955 g/mol. The van der Waals surface area contributed by atoms with Crippen molar-refractivity contribution in [1.29, 1.82) is 0 Å². The van der Waals surface area contributed by atoms with Crippen molar-refractivity contribution in [3.63, 3.8) is 0 Å². The fraction of sp³-hybridized carbons (Fsp3) is 0.750. The summed E-state index contributed by atoms with van der Waals surface area (Å²) >= 11 is 0. The second-order valence-electron chi connectivity index (χ2n) is 7.74. The Kier molecular flexibility index (Phi) is 18.8. The first kappa shape index (κ1) is 58.8. The van der Waals surface area contributed by atoms with Gasteiger partial charge in [0.05, 0.1) is 0 Å². The van der Waals surface area contributed by atoms with Crippen molar-refractivity contribution >= 4 is 23.9 Å². The first-order chi connectivity index (χ1) is 21.8. The zero-order valence-corrected chi connectivity index (χ0v) is 23.8. The second-order valence-corrected chi connectivity index (χ2v) is 7.74. The number of carboxylic acid groups (broad SMARTS) is 4. The smallest absolute Gasteiger partial charge is 0.544 e. The number of halogens is 28. The van der Waals surface area contributed by atoms with Gasteiger partial charge in [0, 0.05) is 0 Å². The van der Waals surface area contributed by atoms with E-state index in [1.165, 1.54) is 0 Å². The van der Waals surface area contributed by atoms with Crippen molar-refractivity contribution in [2.45, 2.75) is 72.1 Å². The summed E-state index contributed by atoms with van der Waals surface area (Å²) in [5, 5.41) is 37.1. The number of rotatable bonds is 8. The van der Waals surface area contributed by atoms with E-state index in [4.69, 9.17) is 0 Å². The fourth-order valence-electron chi connectivity index (χ4n) is 1.22. The molecule has 0 aliphatic rings. The van der Waals surface area contributed by atoms with Crippen molar-refractivity contribution in [3.8, 4) is 0 Å². The van der Waals surface area contributed by atoms with Gasteiger partial charge in [-0.25, -0.2) is 0 Å². The fourth-order valence-corrected chi connectivity index (χ4v) is 1.22. The molecule has 0 saturated carbocycles. The molecule has 0 saturated heterocycles. The minimum absolute atomic E-state index is 0. The SMILES string of the molecule is O=C([O-])C(F)(F)C(F)(F)C(F)(F)F.O=C([O-])C(F)(F)C(F)(F)C(F)(F)F.O=C([O-])C(F)(F)C(F)(F)C(F)(F)F.O=C([O-])C(F)(F)C(F)(F)C(F)(F)F.[Rh+4]. The monoisotopic (exact) mass is 955 g/mol. The third-order valence-electron chi connectivity index (χ3n) is 4.03. The van der Waals surface area contributed by atoms with Crippen LogP contribution in [0.2, 0.25) is 0 Å². The number of alkyl halides is 28. The molecule has 0 unspecified atom stereocenters. The summed E-state index contributed by atoms with van der Waals surface area (Å²) in [6.45, 7) is 0. The normalized spacial score (nSPS) is 14.1. The van der Waals surface area contributed by atoms with E-state index >= 15 is 0 Å². The zero-order chi connectivity index (χ0) is 44.3. The molecule has 317 valence electrons. The molecule has 0 aromatic rings. The van der Waals surface area contributed by atoms with Crippen molar-refractivity contribution in [1.82, 2.24) is 0 Å². The molecular formula is C16F28O8Rh. The first-order valence-corrected chi connectivity index (χ1v) is 9.92. The van der Waals surface area contributed by atoms with Crippen LogP contribution in [0, 0.1) is 0 Å². The molecule has 0 spiro atoms. The number of carbonyl (C=O) groups excluding carboxylic acids is 4. The van der Waals surface area contributed by atoms with Gasteiger partial charge < -0.3 is 39.6 Å². The summed E-state index contributed by atoms with van der Waals surface area (Å²) in [4.78, 5) is 37.1. The van der Waals surface area contributed by atoms with Crippen LogP contribution in [0.4, 0.5) is 123 Å². The summed E-state index contributed by atoms with van der Waals surface area (Å²) in [6, 6.07) is 0. The average Bonchev–Trinajstić information content (AvgIpc) is 2.86. The largest absolute Gasteiger partial charge is 4.00 e. The van der Waals surface area contributed by atoms with E-state index in [1.54, 1.807) is 0 Å². The molecule has 0 aromatic heterocycles.